The lowest BCUT2D eigenvalue weighted by Crippen LogP contribution is -2.45. The second kappa shape index (κ2) is 10.2. The Bertz CT molecular complexity index is 923. The summed E-state index contributed by atoms with van der Waals surface area (Å²) < 4.78 is 15.8. The molecule has 1 unspecified atom stereocenters. The van der Waals surface area contributed by atoms with E-state index >= 15 is 0 Å². The largest absolute Gasteiger partial charge is 0.497 e. The third-order valence-electron chi connectivity index (χ3n) is 4.44. The molecule has 0 aliphatic heterocycles. The van der Waals surface area contributed by atoms with Crippen molar-refractivity contribution in [2.75, 3.05) is 7.11 Å². The fourth-order valence-electron chi connectivity index (χ4n) is 2.88. The Kier molecular flexibility index (Phi) is 7.10. The number of nitrogens with zero attached hydrogens (tertiary/aromatic N) is 1. The number of methoxy groups -OCH3 is 1. The summed E-state index contributed by atoms with van der Waals surface area (Å²) in [5, 5.41) is 2.71. The summed E-state index contributed by atoms with van der Waals surface area (Å²) in [5.41, 5.74) is 0.849. The number of amides is 2. The molecule has 3 aromatic rings. The van der Waals surface area contributed by atoms with Crippen molar-refractivity contribution >= 4 is 17.9 Å². The fourth-order valence-corrected chi connectivity index (χ4v) is 2.88. The molecule has 0 saturated carbocycles. The first-order valence-electron chi connectivity index (χ1n) is 9.51. The zero-order valence-electron chi connectivity index (χ0n) is 16.9. The number of rotatable bonds is 9. The molecule has 0 aliphatic carbocycles. The van der Waals surface area contributed by atoms with Gasteiger partial charge in [-0.3, -0.25) is 9.59 Å². The summed E-state index contributed by atoms with van der Waals surface area (Å²) in [7, 11) is 1.59. The molecule has 0 aliphatic rings. The highest BCUT2D eigenvalue weighted by Gasteiger charge is 2.23. The molecule has 0 radical (unpaired) electrons. The standard InChI is InChI=1S/C23H24N2O5/c1-17(24-22(26)12-9-18-7-10-19(28-2)11-8-18)23(27)25(15-20-5-3-13-29-20)16-21-6-4-14-30-21/h3-14,17H,15-16H2,1-2H3,(H,24,26)/b12-9+. The highest BCUT2D eigenvalue weighted by molar-refractivity contribution is 5.95. The Morgan fingerprint density at radius 3 is 2.13 bits per heavy atom. The van der Waals surface area contributed by atoms with Crippen molar-refractivity contribution in [2.24, 2.45) is 0 Å². The fraction of sp³-hybridized carbons (Fsp3) is 0.217. The molecule has 2 aromatic heterocycles. The molecule has 0 saturated heterocycles. The van der Waals surface area contributed by atoms with Crippen LogP contribution in [0.5, 0.6) is 5.75 Å². The normalized spacial score (nSPS) is 11.9. The molecule has 0 spiro atoms. The van der Waals surface area contributed by atoms with Crippen LogP contribution in [-0.4, -0.2) is 29.9 Å². The Morgan fingerprint density at radius 2 is 1.63 bits per heavy atom. The molecule has 1 atom stereocenters. The van der Waals surface area contributed by atoms with Crippen LogP contribution in [0.2, 0.25) is 0 Å². The van der Waals surface area contributed by atoms with Gasteiger partial charge in [0.15, 0.2) is 0 Å². The van der Waals surface area contributed by atoms with E-state index in [1.54, 1.807) is 61.8 Å². The Morgan fingerprint density at radius 1 is 1.03 bits per heavy atom. The molecule has 30 heavy (non-hydrogen) atoms. The number of hydrogen-bond acceptors (Lipinski definition) is 5. The predicted molar refractivity (Wildman–Crippen MR) is 111 cm³/mol. The van der Waals surface area contributed by atoms with Gasteiger partial charge in [-0.05, 0) is 55.0 Å². The van der Waals surface area contributed by atoms with Crippen LogP contribution in [0.4, 0.5) is 0 Å². The van der Waals surface area contributed by atoms with Crippen LogP contribution in [0.15, 0.2) is 76.0 Å². The van der Waals surface area contributed by atoms with Gasteiger partial charge in [0.2, 0.25) is 11.8 Å². The minimum Gasteiger partial charge on any atom is -0.497 e. The molecule has 7 nitrogen and oxygen atoms in total. The molecule has 3 rings (SSSR count). The van der Waals surface area contributed by atoms with E-state index < -0.39 is 6.04 Å². The molecule has 2 amide bonds. The first-order chi connectivity index (χ1) is 14.5. The average molecular weight is 408 g/mol. The quantitative estimate of drug-likeness (QED) is 0.547. The first kappa shape index (κ1) is 21.0. The molecule has 0 bridgehead atoms. The van der Waals surface area contributed by atoms with Gasteiger partial charge in [-0.15, -0.1) is 0 Å². The van der Waals surface area contributed by atoms with Crippen LogP contribution in [0, 0.1) is 0 Å². The van der Waals surface area contributed by atoms with Crippen molar-refractivity contribution in [3.8, 4) is 5.75 Å². The average Bonchev–Trinajstić information content (AvgIpc) is 3.46. The van der Waals surface area contributed by atoms with E-state index in [0.29, 0.717) is 11.5 Å². The van der Waals surface area contributed by atoms with Gasteiger partial charge < -0.3 is 23.8 Å². The molecule has 7 heteroatoms. The lowest BCUT2D eigenvalue weighted by atomic mass is 10.2. The molecular formula is C23H24N2O5. The summed E-state index contributed by atoms with van der Waals surface area (Å²) in [6.45, 7) is 2.20. The smallest absolute Gasteiger partial charge is 0.245 e. The topological polar surface area (TPSA) is 84.9 Å². The van der Waals surface area contributed by atoms with Gasteiger partial charge in [0.05, 0.1) is 32.7 Å². The monoisotopic (exact) mass is 408 g/mol. The van der Waals surface area contributed by atoms with Crippen molar-refractivity contribution in [1.29, 1.82) is 0 Å². The van der Waals surface area contributed by atoms with Gasteiger partial charge in [-0.1, -0.05) is 12.1 Å². The van der Waals surface area contributed by atoms with Gasteiger partial charge in [-0.25, -0.2) is 0 Å². The molecule has 1 N–H and O–H groups in total. The van der Waals surface area contributed by atoms with Crippen LogP contribution in [0.1, 0.15) is 24.0 Å². The van der Waals surface area contributed by atoms with Gasteiger partial charge in [0, 0.05) is 6.08 Å². The summed E-state index contributed by atoms with van der Waals surface area (Å²) in [6, 6.07) is 13.7. The number of benzene rings is 1. The van der Waals surface area contributed by atoms with E-state index in [4.69, 9.17) is 13.6 Å². The van der Waals surface area contributed by atoms with Crippen molar-refractivity contribution < 1.29 is 23.2 Å². The Labute approximate surface area is 174 Å². The lowest BCUT2D eigenvalue weighted by Gasteiger charge is -2.24. The molecule has 2 heterocycles. The van der Waals surface area contributed by atoms with Gasteiger partial charge in [0.25, 0.3) is 0 Å². The van der Waals surface area contributed by atoms with Crippen LogP contribution in [-0.2, 0) is 22.7 Å². The Balaban J connectivity index is 1.61. The minimum absolute atomic E-state index is 0.242. The maximum absolute atomic E-state index is 13.0. The third-order valence-corrected chi connectivity index (χ3v) is 4.44. The number of carbonyl (C=O) groups excluding carboxylic acids is 2. The van der Waals surface area contributed by atoms with Crippen molar-refractivity contribution in [2.45, 2.75) is 26.1 Å². The maximum Gasteiger partial charge on any atom is 0.245 e. The summed E-state index contributed by atoms with van der Waals surface area (Å²) >= 11 is 0. The molecule has 1 aromatic carbocycles. The summed E-state index contributed by atoms with van der Waals surface area (Å²) in [5.74, 6) is 1.43. The number of hydrogen-bond donors (Lipinski definition) is 1. The van der Waals surface area contributed by atoms with Crippen molar-refractivity contribution in [3.05, 3.63) is 84.2 Å². The van der Waals surface area contributed by atoms with E-state index in [-0.39, 0.29) is 24.9 Å². The van der Waals surface area contributed by atoms with E-state index in [0.717, 1.165) is 11.3 Å². The van der Waals surface area contributed by atoms with Gasteiger partial charge in [0.1, 0.15) is 23.3 Å². The third kappa shape index (κ3) is 5.88. The van der Waals surface area contributed by atoms with Crippen molar-refractivity contribution in [1.82, 2.24) is 10.2 Å². The van der Waals surface area contributed by atoms with E-state index in [1.165, 1.54) is 6.08 Å². The zero-order valence-corrected chi connectivity index (χ0v) is 16.9. The van der Waals surface area contributed by atoms with Gasteiger partial charge >= 0.3 is 0 Å². The molecule has 0 fully saturated rings. The second-order valence-electron chi connectivity index (χ2n) is 6.69. The van der Waals surface area contributed by atoms with E-state index in [2.05, 4.69) is 5.32 Å². The van der Waals surface area contributed by atoms with E-state index in [1.807, 2.05) is 24.3 Å². The van der Waals surface area contributed by atoms with Crippen LogP contribution in [0.25, 0.3) is 6.08 Å². The summed E-state index contributed by atoms with van der Waals surface area (Å²) in [6.07, 6.45) is 6.19. The predicted octanol–water partition coefficient (Wildman–Crippen LogP) is 3.63. The Hall–Kier alpha value is -3.74. The number of furan rings is 2. The minimum atomic E-state index is -0.719. The van der Waals surface area contributed by atoms with Gasteiger partial charge in [-0.2, -0.15) is 0 Å². The van der Waals surface area contributed by atoms with Crippen molar-refractivity contribution in [3.63, 3.8) is 0 Å². The second-order valence-corrected chi connectivity index (χ2v) is 6.69. The zero-order chi connectivity index (χ0) is 21.3. The highest BCUT2D eigenvalue weighted by Crippen LogP contribution is 2.14. The maximum atomic E-state index is 13.0. The SMILES string of the molecule is COc1ccc(/C=C/C(=O)NC(C)C(=O)N(Cc2ccco2)Cc2ccco2)cc1. The van der Waals surface area contributed by atoms with Crippen LogP contribution < -0.4 is 10.1 Å². The number of ether oxygens (including phenoxy) is 1. The van der Waals surface area contributed by atoms with Crippen LogP contribution >= 0.6 is 0 Å². The van der Waals surface area contributed by atoms with Crippen LogP contribution in [0.3, 0.4) is 0 Å². The van der Waals surface area contributed by atoms with E-state index in [9.17, 15) is 9.59 Å². The highest BCUT2D eigenvalue weighted by atomic mass is 16.5. The number of nitrogens with one attached hydrogen (secondary N) is 1. The number of carbonyl (C=O) groups is 2. The molecule has 156 valence electrons. The molecular weight excluding hydrogens is 384 g/mol. The summed E-state index contributed by atoms with van der Waals surface area (Å²) in [4.78, 5) is 26.8. The first-order valence-corrected chi connectivity index (χ1v) is 9.51. The lowest BCUT2D eigenvalue weighted by molar-refractivity contribution is -0.136.